The topological polar surface area (TPSA) is 56.6 Å². The molecule has 30 heavy (non-hydrogen) atoms. The van der Waals surface area contributed by atoms with Gasteiger partial charge in [-0.3, -0.25) is 4.79 Å². The van der Waals surface area contributed by atoms with Crippen molar-refractivity contribution in [2.24, 2.45) is 0 Å². The summed E-state index contributed by atoms with van der Waals surface area (Å²) in [6.07, 6.45) is 3.76. The summed E-state index contributed by atoms with van der Waals surface area (Å²) < 4.78 is 12.6. The van der Waals surface area contributed by atoms with Crippen molar-refractivity contribution in [3.05, 3.63) is 65.9 Å². The first kappa shape index (κ1) is 20.2. The molecule has 0 atom stereocenters. The Hall–Kier alpha value is -3.12. The lowest BCUT2D eigenvalue weighted by Crippen LogP contribution is -2.40. The minimum Gasteiger partial charge on any atom is -0.497 e. The van der Waals surface area contributed by atoms with Crippen molar-refractivity contribution >= 4 is 5.91 Å². The lowest BCUT2D eigenvalue weighted by Gasteiger charge is -2.31. The van der Waals surface area contributed by atoms with E-state index in [2.05, 4.69) is 0 Å². The van der Waals surface area contributed by atoms with E-state index in [1.807, 2.05) is 66.6 Å². The quantitative estimate of drug-likeness (QED) is 0.641. The summed E-state index contributed by atoms with van der Waals surface area (Å²) in [4.78, 5) is 15.3. The maximum Gasteiger partial charge on any atom is 0.257 e. The van der Waals surface area contributed by atoms with Crippen molar-refractivity contribution in [1.82, 2.24) is 14.7 Å². The molecule has 0 bridgehead atoms. The Balaban J connectivity index is 1.73. The van der Waals surface area contributed by atoms with Gasteiger partial charge in [0.25, 0.3) is 5.91 Å². The maximum absolute atomic E-state index is 13.4. The fraction of sp³-hybridized carbons (Fsp3) is 0.333. The number of carbonyl (C=O) groups is 1. The molecule has 1 amide bonds. The van der Waals surface area contributed by atoms with Crippen LogP contribution < -0.4 is 4.74 Å². The Morgan fingerprint density at radius 3 is 2.47 bits per heavy atom. The number of benzene rings is 2. The molecule has 0 unspecified atom stereocenters. The highest BCUT2D eigenvalue weighted by Gasteiger charge is 2.27. The Bertz CT molecular complexity index is 1020. The van der Waals surface area contributed by atoms with E-state index in [1.54, 1.807) is 18.9 Å². The number of hydrogen-bond donors (Lipinski definition) is 0. The zero-order valence-electron chi connectivity index (χ0n) is 17.7. The van der Waals surface area contributed by atoms with Gasteiger partial charge in [-0.1, -0.05) is 29.8 Å². The van der Waals surface area contributed by atoms with Gasteiger partial charge in [-0.25, -0.2) is 4.68 Å². The van der Waals surface area contributed by atoms with Crippen LogP contribution in [0.4, 0.5) is 0 Å². The molecule has 3 aromatic rings. The number of nitrogens with zero attached hydrogens (tertiary/aromatic N) is 3. The first-order valence-corrected chi connectivity index (χ1v) is 10.2. The number of likely N-dealkylation sites (tertiary alicyclic amines) is 1. The van der Waals surface area contributed by atoms with Gasteiger partial charge in [0.2, 0.25) is 0 Å². The van der Waals surface area contributed by atoms with Gasteiger partial charge in [0.15, 0.2) is 0 Å². The fourth-order valence-electron chi connectivity index (χ4n) is 3.81. The van der Waals surface area contributed by atoms with Gasteiger partial charge in [0.05, 0.1) is 24.5 Å². The highest BCUT2D eigenvalue weighted by atomic mass is 16.5. The normalized spacial score (nSPS) is 14.7. The minimum atomic E-state index is 0.000680. The Morgan fingerprint density at radius 1 is 1.07 bits per heavy atom. The van der Waals surface area contributed by atoms with Crippen molar-refractivity contribution in [2.75, 3.05) is 27.3 Å². The predicted octanol–water partition coefficient (Wildman–Crippen LogP) is 4.11. The summed E-state index contributed by atoms with van der Waals surface area (Å²) in [6.45, 7) is 3.42. The minimum absolute atomic E-state index is 0.000680. The summed E-state index contributed by atoms with van der Waals surface area (Å²) >= 11 is 0. The monoisotopic (exact) mass is 405 g/mol. The molecule has 0 spiro atoms. The van der Waals surface area contributed by atoms with Crippen molar-refractivity contribution in [1.29, 1.82) is 0 Å². The molecule has 1 aliphatic heterocycles. The van der Waals surface area contributed by atoms with E-state index >= 15 is 0 Å². The number of rotatable bonds is 5. The molecular formula is C24H27N3O3. The second-order valence-electron chi connectivity index (χ2n) is 7.63. The molecule has 6 heteroatoms. The van der Waals surface area contributed by atoms with E-state index in [4.69, 9.17) is 14.6 Å². The number of ether oxygens (including phenoxy) is 2. The summed E-state index contributed by atoms with van der Waals surface area (Å²) in [7, 11) is 3.37. The van der Waals surface area contributed by atoms with Crippen LogP contribution in [0.3, 0.4) is 0 Å². The number of aromatic nitrogens is 2. The third-order valence-electron chi connectivity index (χ3n) is 5.65. The SMILES string of the molecule is COc1cccc(-c2nn(-c3ccc(C)cc3)cc2C(=O)N2CCC(OC)CC2)c1. The molecule has 1 fully saturated rings. The molecule has 2 heterocycles. The van der Waals surface area contributed by atoms with E-state index in [0.29, 0.717) is 24.3 Å². The zero-order chi connectivity index (χ0) is 21.1. The largest absolute Gasteiger partial charge is 0.497 e. The summed E-state index contributed by atoms with van der Waals surface area (Å²) in [6, 6.07) is 15.8. The second kappa shape index (κ2) is 8.71. The van der Waals surface area contributed by atoms with Crippen LogP contribution in [0.25, 0.3) is 16.9 Å². The predicted molar refractivity (Wildman–Crippen MR) is 116 cm³/mol. The van der Waals surface area contributed by atoms with Gasteiger partial charge < -0.3 is 14.4 Å². The summed E-state index contributed by atoms with van der Waals surface area (Å²) in [5, 5.41) is 4.79. The molecule has 1 aromatic heterocycles. The third kappa shape index (κ3) is 4.09. The van der Waals surface area contributed by atoms with Crippen molar-refractivity contribution in [2.45, 2.75) is 25.9 Å². The van der Waals surface area contributed by atoms with Gasteiger partial charge >= 0.3 is 0 Å². The molecule has 0 N–H and O–H groups in total. The molecule has 6 nitrogen and oxygen atoms in total. The van der Waals surface area contributed by atoms with E-state index < -0.39 is 0 Å². The van der Waals surface area contributed by atoms with Crippen molar-refractivity contribution in [3.8, 4) is 22.7 Å². The van der Waals surface area contributed by atoms with Crippen molar-refractivity contribution in [3.63, 3.8) is 0 Å². The molecule has 1 saturated heterocycles. The first-order chi connectivity index (χ1) is 14.6. The van der Waals surface area contributed by atoms with Crippen LogP contribution in [0.5, 0.6) is 5.75 Å². The van der Waals surface area contributed by atoms with Gasteiger partial charge in [0.1, 0.15) is 11.4 Å². The number of hydrogen-bond acceptors (Lipinski definition) is 4. The smallest absolute Gasteiger partial charge is 0.257 e. The van der Waals surface area contributed by atoms with Gasteiger partial charge in [-0.15, -0.1) is 0 Å². The highest BCUT2D eigenvalue weighted by Crippen LogP contribution is 2.28. The van der Waals surface area contributed by atoms with E-state index in [1.165, 1.54) is 5.56 Å². The average Bonchev–Trinajstić information content (AvgIpc) is 3.24. The second-order valence-corrected chi connectivity index (χ2v) is 7.63. The van der Waals surface area contributed by atoms with Crippen LogP contribution >= 0.6 is 0 Å². The van der Waals surface area contributed by atoms with Gasteiger partial charge in [0, 0.05) is 32.0 Å². The molecule has 156 valence electrons. The Morgan fingerprint density at radius 2 is 1.80 bits per heavy atom. The Kier molecular flexibility index (Phi) is 5.86. The van der Waals surface area contributed by atoms with Crippen molar-refractivity contribution < 1.29 is 14.3 Å². The van der Waals surface area contributed by atoms with Crippen LogP contribution in [0.1, 0.15) is 28.8 Å². The number of piperidine rings is 1. The van der Waals surface area contributed by atoms with Gasteiger partial charge in [-0.05, 0) is 44.0 Å². The number of amides is 1. The molecule has 0 saturated carbocycles. The first-order valence-electron chi connectivity index (χ1n) is 10.2. The average molecular weight is 405 g/mol. The third-order valence-corrected chi connectivity index (χ3v) is 5.65. The lowest BCUT2D eigenvalue weighted by molar-refractivity contribution is 0.0351. The lowest BCUT2D eigenvalue weighted by atomic mass is 10.0. The molecule has 0 aliphatic carbocycles. The molecule has 1 aliphatic rings. The van der Waals surface area contributed by atoms with E-state index in [0.717, 1.165) is 29.8 Å². The summed E-state index contributed by atoms with van der Waals surface area (Å²) in [5.41, 5.74) is 4.21. The van der Waals surface area contributed by atoms with Crippen LogP contribution in [0.2, 0.25) is 0 Å². The van der Waals surface area contributed by atoms with E-state index in [-0.39, 0.29) is 12.0 Å². The Labute approximate surface area is 177 Å². The maximum atomic E-state index is 13.4. The fourth-order valence-corrected chi connectivity index (χ4v) is 3.81. The number of aryl methyl sites for hydroxylation is 1. The molecule has 0 radical (unpaired) electrons. The van der Waals surface area contributed by atoms with Gasteiger partial charge in [-0.2, -0.15) is 5.10 Å². The van der Waals surface area contributed by atoms with Crippen LogP contribution in [0.15, 0.2) is 54.7 Å². The molecular weight excluding hydrogens is 378 g/mol. The van der Waals surface area contributed by atoms with Crippen LogP contribution in [0, 0.1) is 6.92 Å². The highest BCUT2D eigenvalue weighted by molar-refractivity contribution is 6.00. The molecule has 2 aromatic carbocycles. The molecule has 4 rings (SSSR count). The standard InChI is InChI=1S/C24H27N3O3/c1-17-7-9-19(10-8-17)27-16-22(24(28)26-13-11-20(29-2)12-14-26)23(25-27)18-5-4-6-21(15-18)30-3/h4-10,15-16,20H,11-14H2,1-3H3. The van der Waals surface area contributed by atoms with Crippen LogP contribution in [-0.2, 0) is 4.74 Å². The number of carbonyl (C=O) groups excluding carboxylic acids is 1. The summed E-state index contributed by atoms with van der Waals surface area (Å²) in [5.74, 6) is 0.734. The zero-order valence-corrected chi connectivity index (χ0v) is 17.7. The van der Waals surface area contributed by atoms with E-state index in [9.17, 15) is 4.79 Å². The van der Waals surface area contributed by atoms with Crippen LogP contribution in [-0.4, -0.2) is 54.0 Å². The number of methoxy groups -OCH3 is 2.